The standard InChI is InChI=1S/C13H16N4O/c1-10-7-8-16-17(10)9-13(15,12(14)18)11-5-3-2-4-6-11/h2-8H,9,15H2,1H3,(H2,14,18). The number of aryl methyl sites for hydroxylation is 1. The van der Waals surface area contributed by atoms with E-state index in [1.165, 1.54) is 0 Å². The number of nitrogens with two attached hydrogens (primary N) is 2. The molecule has 2 aromatic rings. The van der Waals surface area contributed by atoms with E-state index in [2.05, 4.69) is 5.10 Å². The second-order valence-electron chi connectivity index (χ2n) is 4.33. The van der Waals surface area contributed by atoms with Crippen molar-refractivity contribution < 1.29 is 4.79 Å². The van der Waals surface area contributed by atoms with Gasteiger partial charge in [-0.25, -0.2) is 0 Å². The third kappa shape index (κ3) is 2.12. The fourth-order valence-electron chi connectivity index (χ4n) is 1.85. The largest absolute Gasteiger partial charge is 0.368 e. The van der Waals surface area contributed by atoms with E-state index >= 15 is 0 Å². The molecule has 0 aliphatic rings. The minimum absolute atomic E-state index is 0.227. The molecule has 1 heterocycles. The highest BCUT2D eigenvalue weighted by Gasteiger charge is 2.35. The highest BCUT2D eigenvalue weighted by Crippen LogP contribution is 2.20. The van der Waals surface area contributed by atoms with Crippen molar-refractivity contribution in [1.29, 1.82) is 0 Å². The quantitative estimate of drug-likeness (QED) is 0.822. The number of primary amides is 1. The summed E-state index contributed by atoms with van der Waals surface area (Å²) in [5.74, 6) is -0.566. The molecule has 0 saturated heterocycles. The number of hydrogen-bond acceptors (Lipinski definition) is 3. The molecule has 5 nitrogen and oxygen atoms in total. The van der Waals surface area contributed by atoms with E-state index in [-0.39, 0.29) is 6.54 Å². The maximum absolute atomic E-state index is 11.7. The molecule has 1 amide bonds. The van der Waals surface area contributed by atoms with Crippen LogP contribution in [0, 0.1) is 6.92 Å². The SMILES string of the molecule is Cc1ccnn1CC(N)(C(N)=O)c1ccccc1. The van der Waals surface area contributed by atoms with Crippen LogP contribution >= 0.6 is 0 Å². The van der Waals surface area contributed by atoms with Gasteiger partial charge in [-0.3, -0.25) is 9.48 Å². The van der Waals surface area contributed by atoms with Gasteiger partial charge in [0, 0.05) is 11.9 Å². The number of carbonyl (C=O) groups excluding carboxylic acids is 1. The summed E-state index contributed by atoms with van der Waals surface area (Å²) >= 11 is 0. The van der Waals surface area contributed by atoms with E-state index in [0.717, 1.165) is 5.69 Å². The van der Waals surface area contributed by atoms with Crippen LogP contribution in [-0.2, 0) is 16.9 Å². The highest BCUT2D eigenvalue weighted by atomic mass is 16.1. The Hall–Kier alpha value is -2.14. The Kier molecular flexibility index (Phi) is 3.16. The van der Waals surface area contributed by atoms with Gasteiger partial charge < -0.3 is 11.5 Å². The predicted molar refractivity (Wildman–Crippen MR) is 68.5 cm³/mol. The second kappa shape index (κ2) is 4.62. The first-order valence-electron chi connectivity index (χ1n) is 5.67. The molecule has 94 valence electrons. The van der Waals surface area contributed by atoms with Crippen LogP contribution in [0.5, 0.6) is 0 Å². The molecule has 1 unspecified atom stereocenters. The lowest BCUT2D eigenvalue weighted by Gasteiger charge is -2.26. The molecular weight excluding hydrogens is 228 g/mol. The topological polar surface area (TPSA) is 86.9 Å². The van der Waals surface area contributed by atoms with Crippen LogP contribution in [-0.4, -0.2) is 15.7 Å². The van der Waals surface area contributed by atoms with E-state index in [4.69, 9.17) is 11.5 Å². The maximum atomic E-state index is 11.7. The van der Waals surface area contributed by atoms with E-state index in [1.54, 1.807) is 23.0 Å². The van der Waals surface area contributed by atoms with Gasteiger partial charge in [0.2, 0.25) is 5.91 Å². The van der Waals surface area contributed by atoms with Crippen LogP contribution in [0.15, 0.2) is 42.6 Å². The van der Waals surface area contributed by atoms with Crippen molar-refractivity contribution in [1.82, 2.24) is 9.78 Å². The summed E-state index contributed by atoms with van der Waals surface area (Å²) in [6, 6.07) is 11.0. The molecule has 0 fully saturated rings. The summed E-state index contributed by atoms with van der Waals surface area (Å²) in [5, 5.41) is 4.14. The number of carbonyl (C=O) groups is 1. The lowest BCUT2D eigenvalue weighted by molar-refractivity contribution is -0.124. The summed E-state index contributed by atoms with van der Waals surface area (Å²) in [4.78, 5) is 11.7. The molecule has 0 aliphatic heterocycles. The first-order chi connectivity index (χ1) is 8.54. The van der Waals surface area contributed by atoms with Crippen LogP contribution in [0.1, 0.15) is 11.3 Å². The molecule has 0 spiro atoms. The van der Waals surface area contributed by atoms with Gasteiger partial charge in [0.15, 0.2) is 0 Å². The monoisotopic (exact) mass is 244 g/mol. The number of rotatable bonds is 4. The van der Waals surface area contributed by atoms with Crippen LogP contribution in [0.4, 0.5) is 0 Å². The number of amides is 1. The third-order valence-electron chi connectivity index (χ3n) is 3.06. The Morgan fingerprint density at radius 3 is 2.50 bits per heavy atom. The summed E-state index contributed by atoms with van der Waals surface area (Å²) in [6.45, 7) is 2.13. The van der Waals surface area contributed by atoms with Crippen molar-refractivity contribution in [2.45, 2.75) is 19.0 Å². The molecule has 4 N–H and O–H groups in total. The van der Waals surface area contributed by atoms with Gasteiger partial charge in [-0.1, -0.05) is 30.3 Å². The fourth-order valence-corrected chi connectivity index (χ4v) is 1.85. The molecule has 0 bridgehead atoms. The van der Waals surface area contributed by atoms with Crippen LogP contribution in [0.25, 0.3) is 0 Å². The Morgan fingerprint density at radius 2 is 2.00 bits per heavy atom. The van der Waals surface area contributed by atoms with Crippen LogP contribution in [0.2, 0.25) is 0 Å². The molecule has 1 aromatic heterocycles. The average molecular weight is 244 g/mol. The lowest BCUT2D eigenvalue weighted by Crippen LogP contribution is -2.52. The van der Waals surface area contributed by atoms with Gasteiger partial charge in [-0.05, 0) is 18.6 Å². The van der Waals surface area contributed by atoms with Crippen molar-refractivity contribution in [2.24, 2.45) is 11.5 Å². The lowest BCUT2D eigenvalue weighted by atomic mass is 9.90. The van der Waals surface area contributed by atoms with Gasteiger partial charge in [-0.15, -0.1) is 0 Å². The Balaban J connectivity index is 2.40. The zero-order chi connectivity index (χ0) is 13.2. The number of nitrogens with zero attached hydrogens (tertiary/aromatic N) is 2. The van der Waals surface area contributed by atoms with Crippen molar-refractivity contribution in [3.05, 3.63) is 53.9 Å². The van der Waals surface area contributed by atoms with E-state index in [1.807, 2.05) is 31.2 Å². The summed E-state index contributed by atoms with van der Waals surface area (Å²) < 4.78 is 1.68. The smallest absolute Gasteiger partial charge is 0.244 e. The van der Waals surface area contributed by atoms with Gasteiger partial charge in [0.05, 0.1) is 6.54 Å². The van der Waals surface area contributed by atoms with Crippen LogP contribution in [0.3, 0.4) is 0 Å². The zero-order valence-electron chi connectivity index (χ0n) is 10.2. The third-order valence-corrected chi connectivity index (χ3v) is 3.06. The molecule has 18 heavy (non-hydrogen) atoms. The second-order valence-corrected chi connectivity index (χ2v) is 4.33. The fraction of sp³-hybridized carbons (Fsp3) is 0.231. The maximum Gasteiger partial charge on any atom is 0.244 e. The van der Waals surface area contributed by atoms with Gasteiger partial charge in [0.25, 0.3) is 0 Å². The summed E-state index contributed by atoms with van der Waals surface area (Å²) in [7, 11) is 0. The molecule has 0 radical (unpaired) electrons. The summed E-state index contributed by atoms with van der Waals surface area (Å²) in [6.07, 6.45) is 1.67. The first-order valence-corrected chi connectivity index (χ1v) is 5.67. The van der Waals surface area contributed by atoms with Gasteiger partial charge >= 0.3 is 0 Å². The van der Waals surface area contributed by atoms with E-state index in [9.17, 15) is 4.79 Å². The number of benzene rings is 1. The molecule has 0 aliphatic carbocycles. The molecule has 0 saturated carbocycles. The number of hydrogen-bond donors (Lipinski definition) is 2. The zero-order valence-corrected chi connectivity index (χ0v) is 10.2. The highest BCUT2D eigenvalue weighted by molar-refractivity contribution is 5.85. The van der Waals surface area contributed by atoms with Gasteiger partial charge in [-0.2, -0.15) is 5.10 Å². The van der Waals surface area contributed by atoms with Crippen molar-refractivity contribution in [2.75, 3.05) is 0 Å². The number of aromatic nitrogens is 2. The summed E-state index contributed by atoms with van der Waals surface area (Å²) in [5.41, 5.74) is 12.0. The molecule has 1 atom stereocenters. The molecule has 2 rings (SSSR count). The van der Waals surface area contributed by atoms with E-state index < -0.39 is 11.4 Å². The van der Waals surface area contributed by atoms with Crippen molar-refractivity contribution in [3.8, 4) is 0 Å². The van der Waals surface area contributed by atoms with Crippen molar-refractivity contribution >= 4 is 5.91 Å². The normalized spacial score (nSPS) is 14.1. The van der Waals surface area contributed by atoms with Gasteiger partial charge in [0.1, 0.15) is 5.54 Å². The predicted octanol–water partition coefficient (Wildman–Crippen LogP) is 0.531. The minimum Gasteiger partial charge on any atom is -0.368 e. The first kappa shape index (κ1) is 12.3. The molecular formula is C13H16N4O. The Morgan fingerprint density at radius 1 is 1.33 bits per heavy atom. The Bertz CT molecular complexity index is 549. The minimum atomic E-state index is -1.25. The van der Waals surface area contributed by atoms with Crippen molar-refractivity contribution in [3.63, 3.8) is 0 Å². The molecule has 5 heteroatoms. The van der Waals surface area contributed by atoms with E-state index in [0.29, 0.717) is 5.56 Å². The average Bonchev–Trinajstić information content (AvgIpc) is 2.75. The molecule has 1 aromatic carbocycles. The Labute approximate surface area is 105 Å². The van der Waals surface area contributed by atoms with Crippen LogP contribution < -0.4 is 11.5 Å².